The Hall–Kier alpha value is -2.08. The van der Waals surface area contributed by atoms with E-state index in [1.54, 1.807) is 19.9 Å². The average Bonchev–Trinajstić information content (AvgIpc) is 2.51. The van der Waals surface area contributed by atoms with Crippen molar-refractivity contribution in [3.8, 4) is 0 Å². The summed E-state index contributed by atoms with van der Waals surface area (Å²) in [6, 6.07) is 6.68. The van der Waals surface area contributed by atoms with Crippen LogP contribution < -0.4 is 5.32 Å². The molecule has 1 heterocycles. The third kappa shape index (κ3) is 3.64. The van der Waals surface area contributed by atoms with Crippen molar-refractivity contribution in [1.82, 2.24) is 10.2 Å². The summed E-state index contributed by atoms with van der Waals surface area (Å²) in [6.07, 6.45) is 1.62. The van der Waals surface area contributed by atoms with E-state index in [1.165, 1.54) is 4.90 Å². The highest BCUT2D eigenvalue weighted by atomic mass is 79.9. The zero-order chi connectivity index (χ0) is 17.0. The predicted octanol–water partition coefficient (Wildman–Crippen LogP) is 3.54. The molecule has 1 aromatic carbocycles. The number of allylic oxidation sites excluding steroid dienone is 1. The molecule has 0 unspecified atom stereocenters. The number of ether oxygens (including phenoxy) is 1. The lowest BCUT2D eigenvalue weighted by atomic mass is 9.95. The molecular weight excluding hydrogens is 360 g/mol. The Morgan fingerprint density at radius 1 is 1.43 bits per heavy atom. The summed E-state index contributed by atoms with van der Waals surface area (Å²) in [5.41, 5.74) is 1.85. The summed E-state index contributed by atoms with van der Waals surface area (Å²) in [4.78, 5) is 26.2. The van der Waals surface area contributed by atoms with Crippen LogP contribution in [0.4, 0.5) is 4.79 Å². The van der Waals surface area contributed by atoms with Crippen LogP contribution in [-0.4, -0.2) is 30.1 Å². The summed E-state index contributed by atoms with van der Waals surface area (Å²) in [5, 5.41) is 2.87. The monoisotopic (exact) mass is 378 g/mol. The molecule has 1 atom stereocenters. The molecule has 2 amide bonds. The maximum Gasteiger partial charge on any atom is 0.338 e. The maximum absolute atomic E-state index is 12.4. The van der Waals surface area contributed by atoms with E-state index in [0.29, 0.717) is 17.8 Å². The molecule has 0 radical (unpaired) electrons. The third-order valence-electron chi connectivity index (χ3n) is 3.61. The second-order valence-corrected chi connectivity index (χ2v) is 5.97. The van der Waals surface area contributed by atoms with Gasteiger partial charge in [0.1, 0.15) is 0 Å². The minimum Gasteiger partial charge on any atom is -0.463 e. The first-order chi connectivity index (χ1) is 11.0. The SMILES string of the molecule is C=CCN1C(=O)N[C@H](c2ccc(Br)cc2)C(C(=O)OCC)=C1C. The highest BCUT2D eigenvalue weighted by molar-refractivity contribution is 9.10. The lowest BCUT2D eigenvalue weighted by Crippen LogP contribution is -2.48. The molecule has 23 heavy (non-hydrogen) atoms. The number of halogens is 1. The number of carbonyl (C=O) groups excluding carboxylic acids is 2. The van der Waals surface area contributed by atoms with Gasteiger partial charge in [-0.1, -0.05) is 34.1 Å². The number of carbonyl (C=O) groups is 2. The van der Waals surface area contributed by atoms with Gasteiger partial charge in [-0.15, -0.1) is 6.58 Å². The van der Waals surface area contributed by atoms with E-state index < -0.39 is 12.0 Å². The van der Waals surface area contributed by atoms with Gasteiger partial charge < -0.3 is 10.1 Å². The quantitative estimate of drug-likeness (QED) is 0.629. The molecule has 6 heteroatoms. The Balaban J connectivity index is 2.50. The molecule has 0 saturated carbocycles. The van der Waals surface area contributed by atoms with Crippen molar-refractivity contribution in [2.45, 2.75) is 19.9 Å². The van der Waals surface area contributed by atoms with Crippen LogP contribution in [0.5, 0.6) is 0 Å². The Morgan fingerprint density at radius 2 is 2.09 bits per heavy atom. The highest BCUT2D eigenvalue weighted by Gasteiger charge is 2.35. The van der Waals surface area contributed by atoms with Crippen LogP contribution in [0.3, 0.4) is 0 Å². The number of hydrogen-bond acceptors (Lipinski definition) is 3. The number of amides is 2. The van der Waals surface area contributed by atoms with Gasteiger partial charge in [0, 0.05) is 16.7 Å². The van der Waals surface area contributed by atoms with E-state index in [-0.39, 0.29) is 12.6 Å². The smallest absolute Gasteiger partial charge is 0.338 e. The number of nitrogens with one attached hydrogen (secondary N) is 1. The van der Waals surface area contributed by atoms with Crippen LogP contribution in [0, 0.1) is 0 Å². The highest BCUT2D eigenvalue weighted by Crippen LogP contribution is 2.31. The number of hydrogen-bond donors (Lipinski definition) is 1. The molecule has 0 fully saturated rings. The van der Waals surface area contributed by atoms with Gasteiger partial charge in [-0.2, -0.15) is 0 Å². The van der Waals surface area contributed by atoms with Crippen LogP contribution in [-0.2, 0) is 9.53 Å². The molecule has 0 spiro atoms. The van der Waals surface area contributed by atoms with Gasteiger partial charge in [-0.05, 0) is 31.5 Å². The van der Waals surface area contributed by atoms with Crippen molar-refractivity contribution < 1.29 is 14.3 Å². The fourth-order valence-electron chi connectivity index (χ4n) is 2.51. The van der Waals surface area contributed by atoms with Gasteiger partial charge in [0.2, 0.25) is 0 Å². The van der Waals surface area contributed by atoms with Crippen LogP contribution in [0.25, 0.3) is 0 Å². The summed E-state index contributed by atoms with van der Waals surface area (Å²) >= 11 is 3.38. The van der Waals surface area contributed by atoms with Gasteiger partial charge in [-0.25, -0.2) is 9.59 Å². The average molecular weight is 379 g/mol. The first-order valence-electron chi connectivity index (χ1n) is 7.31. The minimum absolute atomic E-state index is 0.261. The summed E-state index contributed by atoms with van der Waals surface area (Å²) < 4.78 is 6.11. The topological polar surface area (TPSA) is 58.6 Å². The van der Waals surface area contributed by atoms with Crippen molar-refractivity contribution in [2.24, 2.45) is 0 Å². The van der Waals surface area contributed by atoms with Crippen molar-refractivity contribution in [1.29, 1.82) is 0 Å². The molecule has 0 aliphatic carbocycles. The molecule has 1 aromatic rings. The Morgan fingerprint density at radius 3 is 2.65 bits per heavy atom. The molecule has 5 nitrogen and oxygen atoms in total. The van der Waals surface area contributed by atoms with Gasteiger partial charge in [0.05, 0.1) is 18.2 Å². The van der Waals surface area contributed by atoms with E-state index in [0.717, 1.165) is 10.0 Å². The van der Waals surface area contributed by atoms with Crippen LogP contribution in [0.15, 0.2) is 52.7 Å². The first-order valence-corrected chi connectivity index (χ1v) is 8.11. The second-order valence-electron chi connectivity index (χ2n) is 5.05. The van der Waals surface area contributed by atoms with Crippen molar-refractivity contribution in [3.63, 3.8) is 0 Å². The zero-order valence-electron chi connectivity index (χ0n) is 13.1. The first kappa shape index (κ1) is 17.3. The molecule has 0 aromatic heterocycles. The van der Waals surface area contributed by atoms with Crippen molar-refractivity contribution in [2.75, 3.05) is 13.2 Å². The standard InChI is InChI=1S/C17H19BrN2O3/c1-4-10-20-11(3)14(16(21)23-5-2)15(19-17(20)22)12-6-8-13(18)9-7-12/h4,6-9,15H,1,5,10H2,2-3H3,(H,19,22)/t15-/m1/s1. The zero-order valence-corrected chi connectivity index (χ0v) is 14.7. The number of benzene rings is 1. The lowest BCUT2D eigenvalue weighted by molar-refractivity contribution is -0.139. The summed E-state index contributed by atoms with van der Waals surface area (Å²) in [6.45, 7) is 7.76. The van der Waals surface area contributed by atoms with Gasteiger partial charge in [-0.3, -0.25) is 4.90 Å². The molecule has 0 saturated heterocycles. The normalized spacial score (nSPS) is 17.8. The Labute approximate surface area is 144 Å². The van der Waals surface area contributed by atoms with Gasteiger partial charge >= 0.3 is 12.0 Å². The van der Waals surface area contributed by atoms with E-state index in [9.17, 15) is 9.59 Å². The molecular formula is C17H19BrN2O3. The maximum atomic E-state index is 12.4. The molecule has 0 bridgehead atoms. The van der Waals surface area contributed by atoms with Crippen LogP contribution in [0.2, 0.25) is 0 Å². The van der Waals surface area contributed by atoms with E-state index in [2.05, 4.69) is 27.8 Å². The van der Waals surface area contributed by atoms with Crippen LogP contribution in [0.1, 0.15) is 25.5 Å². The van der Waals surface area contributed by atoms with E-state index in [4.69, 9.17) is 4.74 Å². The Kier molecular flexibility index (Phi) is 5.60. The second kappa shape index (κ2) is 7.46. The number of esters is 1. The van der Waals surface area contributed by atoms with Gasteiger partial charge in [0.15, 0.2) is 0 Å². The largest absolute Gasteiger partial charge is 0.463 e. The molecule has 122 valence electrons. The number of nitrogens with zero attached hydrogens (tertiary/aromatic N) is 1. The fraction of sp³-hybridized carbons (Fsp3) is 0.294. The molecule has 1 aliphatic rings. The van der Waals surface area contributed by atoms with Crippen molar-refractivity contribution >= 4 is 27.9 Å². The minimum atomic E-state index is -0.532. The number of rotatable bonds is 5. The lowest BCUT2D eigenvalue weighted by Gasteiger charge is -2.34. The van der Waals surface area contributed by atoms with E-state index in [1.807, 2.05) is 24.3 Å². The van der Waals surface area contributed by atoms with Crippen molar-refractivity contribution in [3.05, 3.63) is 58.2 Å². The number of urea groups is 1. The van der Waals surface area contributed by atoms with E-state index >= 15 is 0 Å². The summed E-state index contributed by atoms with van der Waals surface area (Å²) in [7, 11) is 0. The summed E-state index contributed by atoms with van der Waals surface area (Å²) in [5.74, 6) is -0.424. The van der Waals surface area contributed by atoms with Gasteiger partial charge in [0.25, 0.3) is 0 Å². The van der Waals surface area contributed by atoms with Crippen LogP contribution >= 0.6 is 15.9 Å². The molecule has 1 aliphatic heterocycles. The molecule has 1 N–H and O–H groups in total. The predicted molar refractivity (Wildman–Crippen MR) is 91.7 cm³/mol. The molecule has 2 rings (SSSR count). The third-order valence-corrected chi connectivity index (χ3v) is 4.14. The Bertz CT molecular complexity index is 652. The fourth-order valence-corrected chi connectivity index (χ4v) is 2.77.